The minimum Gasteiger partial charge on any atom is -0.481 e. The fourth-order valence-electron chi connectivity index (χ4n) is 6.60. The minimum atomic E-state index is -0.837. The van der Waals surface area contributed by atoms with Gasteiger partial charge < -0.3 is 25.3 Å². The zero-order chi connectivity index (χ0) is 27.3. The van der Waals surface area contributed by atoms with E-state index in [0.29, 0.717) is 35.2 Å². The van der Waals surface area contributed by atoms with E-state index in [1.165, 1.54) is 16.7 Å². The van der Waals surface area contributed by atoms with Gasteiger partial charge in [0.25, 0.3) is 0 Å². The van der Waals surface area contributed by atoms with Gasteiger partial charge in [0.2, 0.25) is 5.95 Å². The second-order valence-corrected chi connectivity index (χ2v) is 12.0. The van der Waals surface area contributed by atoms with Gasteiger partial charge in [0.1, 0.15) is 5.02 Å². The van der Waals surface area contributed by atoms with Gasteiger partial charge >= 0.3 is 5.97 Å². The molecule has 1 aromatic heterocycles. The Balaban J connectivity index is 1.33. The van der Waals surface area contributed by atoms with Crippen LogP contribution in [0.3, 0.4) is 0 Å². The zero-order valence-electron chi connectivity index (χ0n) is 22.3. The number of carbonyl (C=O) groups is 1. The molecule has 1 saturated carbocycles. The molecule has 3 aromatic rings. The molecule has 39 heavy (non-hydrogen) atoms. The molecule has 3 heterocycles. The third-order valence-electron chi connectivity index (χ3n) is 8.63. The van der Waals surface area contributed by atoms with Gasteiger partial charge in [-0.25, -0.2) is 4.98 Å². The molecule has 0 amide bonds. The molecule has 0 bridgehead atoms. The van der Waals surface area contributed by atoms with Gasteiger partial charge in [-0.15, -0.1) is 0 Å². The van der Waals surface area contributed by atoms with Gasteiger partial charge in [0.15, 0.2) is 5.82 Å². The van der Waals surface area contributed by atoms with Crippen LogP contribution in [0.15, 0.2) is 42.6 Å². The van der Waals surface area contributed by atoms with Crippen LogP contribution in [-0.4, -0.2) is 57.8 Å². The lowest BCUT2D eigenvalue weighted by atomic mass is 9.69. The standard InChI is InChI=1S/C30H34ClN5O3/c1-30(13-27(38)39)17-36(26-6-4-3-5-24(26)30)28-25(31)14-32-29(34-28)33-21-11-20-15-35(2)8-7-22(20)23(12-21)19-9-18(10-19)16-37/h3-6,11-12,14,18-19,37H,7-10,13,15-17H2,1-2H3,(H,38,39)(H,32,33,34). The van der Waals surface area contributed by atoms with Crippen LogP contribution in [0.1, 0.15) is 54.4 Å². The second-order valence-electron chi connectivity index (χ2n) is 11.6. The van der Waals surface area contributed by atoms with Crippen molar-refractivity contribution in [2.24, 2.45) is 5.92 Å². The van der Waals surface area contributed by atoms with Crippen molar-refractivity contribution in [3.8, 4) is 0 Å². The molecular weight excluding hydrogens is 514 g/mol. The maximum Gasteiger partial charge on any atom is 0.304 e. The van der Waals surface area contributed by atoms with Crippen LogP contribution in [0.2, 0.25) is 5.02 Å². The largest absolute Gasteiger partial charge is 0.481 e. The average Bonchev–Trinajstić information content (AvgIpc) is 3.16. The Hall–Kier alpha value is -3.20. The Morgan fingerprint density at radius 3 is 2.82 bits per heavy atom. The summed E-state index contributed by atoms with van der Waals surface area (Å²) in [6.07, 6.45) is 4.69. The number of likely N-dealkylation sites (N-methyl/N-ethyl adjacent to an activating group) is 1. The van der Waals surface area contributed by atoms with Gasteiger partial charge in [0, 0.05) is 43.0 Å². The number of rotatable bonds is 7. The summed E-state index contributed by atoms with van der Waals surface area (Å²) in [4.78, 5) is 25.4. The first-order valence-electron chi connectivity index (χ1n) is 13.6. The average molecular weight is 548 g/mol. The fourth-order valence-corrected chi connectivity index (χ4v) is 6.79. The number of carboxylic acids is 1. The Morgan fingerprint density at radius 1 is 1.26 bits per heavy atom. The molecule has 0 radical (unpaired) electrons. The highest BCUT2D eigenvalue weighted by Crippen LogP contribution is 2.48. The summed E-state index contributed by atoms with van der Waals surface area (Å²) in [5.41, 5.74) is 6.40. The number of benzene rings is 2. The topological polar surface area (TPSA) is 102 Å². The maximum absolute atomic E-state index is 11.7. The van der Waals surface area contributed by atoms with E-state index in [1.54, 1.807) is 6.20 Å². The molecule has 2 aromatic carbocycles. The summed E-state index contributed by atoms with van der Waals surface area (Å²) in [6, 6.07) is 12.3. The van der Waals surface area contributed by atoms with Gasteiger partial charge in [-0.05, 0) is 78.6 Å². The number of fused-ring (bicyclic) bond motifs is 2. The van der Waals surface area contributed by atoms with Crippen molar-refractivity contribution in [3.05, 3.63) is 69.9 Å². The van der Waals surface area contributed by atoms with E-state index in [-0.39, 0.29) is 13.0 Å². The van der Waals surface area contributed by atoms with Crippen molar-refractivity contribution < 1.29 is 15.0 Å². The van der Waals surface area contributed by atoms with Crippen molar-refractivity contribution in [1.82, 2.24) is 14.9 Å². The number of aliphatic hydroxyl groups excluding tert-OH is 1. The van der Waals surface area contributed by atoms with Crippen LogP contribution >= 0.6 is 11.6 Å². The van der Waals surface area contributed by atoms with E-state index < -0.39 is 11.4 Å². The van der Waals surface area contributed by atoms with Crippen molar-refractivity contribution in [1.29, 1.82) is 0 Å². The van der Waals surface area contributed by atoms with Crippen LogP contribution < -0.4 is 10.2 Å². The Labute approximate surface area is 233 Å². The molecule has 1 aliphatic carbocycles. The number of anilines is 4. The zero-order valence-corrected chi connectivity index (χ0v) is 23.1. The number of para-hydroxylation sites is 1. The number of hydrogen-bond acceptors (Lipinski definition) is 7. The Kier molecular flexibility index (Phi) is 6.73. The molecule has 8 nitrogen and oxygen atoms in total. The highest BCUT2D eigenvalue weighted by atomic mass is 35.5. The predicted octanol–water partition coefficient (Wildman–Crippen LogP) is 5.23. The highest BCUT2D eigenvalue weighted by Gasteiger charge is 2.42. The molecule has 2 aliphatic heterocycles. The number of aliphatic carboxylic acids is 1. The van der Waals surface area contributed by atoms with Crippen LogP contribution in [0, 0.1) is 5.92 Å². The molecule has 6 rings (SSSR count). The number of aromatic nitrogens is 2. The van der Waals surface area contributed by atoms with Gasteiger partial charge in [0.05, 0.1) is 12.6 Å². The summed E-state index contributed by atoms with van der Waals surface area (Å²) < 4.78 is 0. The molecule has 3 aliphatic rings. The number of carboxylic acid groups (broad SMARTS) is 1. The first kappa shape index (κ1) is 26.0. The van der Waals surface area contributed by atoms with Crippen LogP contribution in [0.5, 0.6) is 0 Å². The number of halogens is 1. The monoisotopic (exact) mass is 547 g/mol. The third kappa shape index (κ3) is 4.86. The van der Waals surface area contributed by atoms with E-state index in [2.05, 4.69) is 34.4 Å². The van der Waals surface area contributed by atoms with Crippen molar-refractivity contribution >= 4 is 40.7 Å². The lowest BCUT2D eigenvalue weighted by Crippen LogP contribution is -2.31. The number of nitrogens with one attached hydrogen (secondary N) is 1. The van der Waals surface area contributed by atoms with Gasteiger partial charge in [-0.1, -0.05) is 36.7 Å². The van der Waals surface area contributed by atoms with E-state index in [1.807, 2.05) is 36.1 Å². The Bertz CT molecular complexity index is 1430. The van der Waals surface area contributed by atoms with Crippen molar-refractivity contribution in [3.63, 3.8) is 0 Å². The molecular formula is C30H34ClN5O3. The van der Waals surface area contributed by atoms with E-state index in [4.69, 9.17) is 16.6 Å². The number of aliphatic hydroxyl groups is 1. The quantitative estimate of drug-likeness (QED) is 0.369. The molecule has 3 N–H and O–H groups in total. The summed E-state index contributed by atoms with van der Waals surface area (Å²) in [6.45, 7) is 4.63. The van der Waals surface area contributed by atoms with E-state index >= 15 is 0 Å². The first-order valence-corrected chi connectivity index (χ1v) is 14.0. The summed E-state index contributed by atoms with van der Waals surface area (Å²) in [5, 5.41) is 23.0. The molecule has 1 atom stereocenters. The summed E-state index contributed by atoms with van der Waals surface area (Å²) in [5.74, 6) is 1.02. The lowest BCUT2D eigenvalue weighted by molar-refractivity contribution is -0.138. The molecule has 9 heteroatoms. The first-order chi connectivity index (χ1) is 18.7. The van der Waals surface area contributed by atoms with Crippen molar-refractivity contribution in [2.45, 2.75) is 50.5 Å². The molecule has 0 saturated heterocycles. The van der Waals surface area contributed by atoms with Crippen LogP contribution in [-0.2, 0) is 23.2 Å². The number of hydrogen-bond donors (Lipinski definition) is 3. The lowest BCUT2D eigenvalue weighted by Gasteiger charge is -2.38. The minimum absolute atomic E-state index is 0.0129. The molecule has 0 spiro atoms. The van der Waals surface area contributed by atoms with Gasteiger partial charge in [-0.2, -0.15) is 4.98 Å². The van der Waals surface area contributed by atoms with Crippen molar-refractivity contribution in [2.75, 3.05) is 37.0 Å². The highest BCUT2D eigenvalue weighted by molar-refractivity contribution is 6.33. The molecule has 1 fully saturated rings. The summed E-state index contributed by atoms with van der Waals surface area (Å²) >= 11 is 6.64. The molecule has 204 valence electrons. The third-order valence-corrected chi connectivity index (χ3v) is 8.89. The number of nitrogens with zero attached hydrogens (tertiary/aromatic N) is 4. The predicted molar refractivity (Wildman–Crippen MR) is 152 cm³/mol. The van der Waals surface area contributed by atoms with E-state index in [0.717, 1.165) is 49.3 Å². The van der Waals surface area contributed by atoms with Crippen LogP contribution in [0.25, 0.3) is 0 Å². The summed E-state index contributed by atoms with van der Waals surface area (Å²) in [7, 11) is 2.15. The SMILES string of the molecule is CN1CCc2c(cc(Nc3ncc(Cl)c(N4CC(C)(CC(=O)O)c5ccccc54)n3)cc2C2CC(CO)C2)C1. The van der Waals surface area contributed by atoms with E-state index in [9.17, 15) is 15.0 Å². The molecule has 1 unspecified atom stereocenters. The normalized spacial score (nSPS) is 24.2. The van der Waals surface area contributed by atoms with Gasteiger partial charge in [-0.3, -0.25) is 4.79 Å². The maximum atomic E-state index is 11.7. The fraction of sp³-hybridized carbons (Fsp3) is 0.433. The Morgan fingerprint density at radius 2 is 2.05 bits per heavy atom. The second kappa shape index (κ2) is 10.1. The smallest absolute Gasteiger partial charge is 0.304 e. The van der Waals surface area contributed by atoms with Crippen LogP contribution in [0.4, 0.5) is 23.1 Å².